The normalized spacial score (nSPS) is 13.3. The maximum atomic E-state index is 12.0. The number of nitrogens with two attached hydrogens (primary N) is 1. The van der Waals surface area contributed by atoms with Crippen LogP contribution in [0.3, 0.4) is 0 Å². The quantitative estimate of drug-likeness (QED) is 0.305. The molecule has 0 spiro atoms. The molecule has 8 heteroatoms. The Morgan fingerprint density at radius 2 is 1.24 bits per heavy atom. The fraction of sp³-hybridized carbons (Fsp3) is 0.308. The molecule has 5 nitrogen and oxygen atoms in total. The molecule has 0 saturated carbocycles. The van der Waals surface area contributed by atoms with Crippen LogP contribution in [-0.4, -0.2) is 21.6 Å². The van der Waals surface area contributed by atoms with E-state index in [0.29, 0.717) is 31.8 Å². The van der Waals surface area contributed by atoms with Crippen LogP contribution < -0.4 is 14.6 Å². The van der Waals surface area contributed by atoms with Gasteiger partial charge in [0, 0.05) is 11.1 Å². The Hall–Kier alpha value is -2.25. The van der Waals surface area contributed by atoms with E-state index >= 15 is 0 Å². The lowest BCUT2D eigenvalue weighted by Gasteiger charge is -2.20. The van der Waals surface area contributed by atoms with Crippen molar-refractivity contribution in [3.8, 4) is 11.5 Å². The Morgan fingerprint density at radius 1 is 0.765 bits per heavy atom. The summed E-state index contributed by atoms with van der Waals surface area (Å²) in [5.41, 5.74) is 3.36. The summed E-state index contributed by atoms with van der Waals surface area (Å²) in [5.74, 6) is 1.43. The van der Waals surface area contributed by atoms with E-state index in [-0.39, 0.29) is 10.3 Å². The van der Waals surface area contributed by atoms with Crippen molar-refractivity contribution in [2.75, 3.05) is 13.2 Å². The minimum Gasteiger partial charge on any atom is -0.494 e. The van der Waals surface area contributed by atoms with Crippen molar-refractivity contribution in [3.05, 3.63) is 89.0 Å². The molecule has 0 fully saturated rings. The van der Waals surface area contributed by atoms with Gasteiger partial charge in [0.05, 0.1) is 28.9 Å². The van der Waals surface area contributed by atoms with Crippen molar-refractivity contribution in [2.24, 2.45) is 5.14 Å². The van der Waals surface area contributed by atoms with E-state index < -0.39 is 15.4 Å². The van der Waals surface area contributed by atoms with Gasteiger partial charge in [0.2, 0.25) is 10.0 Å². The standard InChI is InChI=1S/C26H29Cl2NO4S/c1-3-32-25-11-7-5-9-21(25)23(27)16-18-13-14-20(34(29,30)31)15-19(18)17-24(28)22-10-6-8-12-26(22)33-4-2/h5-15,23-24H,3-4,16-17H2,1-2H3,(H2,29,30,31). The van der Waals surface area contributed by atoms with E-state index in [1.54, 1.807) is 12.1 Å². The molecule has 182 valence electrons. The Labute approximate surface area is 211 Å². The highest BCUT2D eigenvalue weighted by atomic mass is 35.5. The monoisotopic (exact) mass is 521 g/mol. The predicted octanol–water partition coefficient (Wildman–Crippen LogP) is 6.18. The van der Waals surface area contributed by atoms with Gasteiger partial charge in [-0.3, -0.25) is 0 Å². The average molecular weight is 522 g/mol. The highest BCUT2D eigenvalue weighted by Crippen LogP contribution is 2.37. The number of benzene rings is 3. The Bertz CT molecular complexity index is 1220. The summed E-state index contributed by atoms with van der Waals surface area (Å²) < 4.78 is 35.5. The average Bonchev–Trinajstić information content (AvgIpc) is 2.80. The lowest BCUT2D eigenvalue weighted by Crippen LogP contribution is -2.14. The number of ether oxygens (including phenoxy) is 2. The Morgan fingerprint density at radius 3 is 1.71 bits per heavy atom. The van der Waals surface area contributed by atoms with Crippen LogP contribution >= 0.6 is 23.2 Å². The summed E-state index contributed by atoms with van der Waals surface area (Å²) in [6.07, 6.45) is 0.837. The topological polar surface area (TPSA) is 78.6 Å². The minimum atomic E-state index is -3.87. The van der Waals surface area contributed by atoms with Crippen molar-refractivity contribution in [1.82, 2.24) is 0 Å². The SMILES string of the molecule is CCOc1ccccc1C(Cl)Cc1ccc(S(N)(=O)=O)cc1CC(Cl)c1ccccc1OCC. The summed E-state index contributed by atoms with van der Waals surface area (Å²) in [6.45, 7) is 4.88. The van der Waals surface area contributed by atoms with E-state index in [9.17, 15) is 8.42 Å². The molecule has 0 saturated heterocycles. The van der Waals surface area contributed by atoms with Gasteiger partial charge in [-0.1, -0.05) is 42.5 Å². The number of primary sulfonamides is 1. The molecule has 34 heavy (non-hydrogen) atoms. The molecule has 2 atom stereocenters. The van der Waals surface area contributed by atoms with Gasteiger partial charge in [0.15, 0.2) is 0 Å². The first-order valence-corrected chi connectivity index (χ1v) is 13.5. The zero-order chi connectivity index (χ0) is 24.7. The molecule has 3 rings (SSSR count). The summed E-state index contributed by atoms with van der Waals surface area (Å²) in [4.78, 5) is 0.0362. The molecule has 0 aromatic heterocycles. The van der Waals surface area contributed by atoms with E-state index in [4.69, 9.17) is 37.8 Å². The van der Waals surface area contributed by atoms with Crippen LogP contribution in [0.15, 0.2) is 71.6 Å². The first kappa shape index (κ1) is 26.4. The number of hydrogen-bond donors (Lipinski definition) is 1. The summed E-state index contributed by atoms with van der Waals surface area (Å²) >= 11 is 13.7. The highest BCUT2D eigenvalue weighted by Gasteiger charge is 2.21. The van der Waals surface area contributed by atoms with Crippen LogP contribution in [0.2, 0.25) is 0 Å². The first-order valence-electron chi connectivity index (χ1n) is 11.1. The van der Waals surface area contributed by atoms with Crippen LogP contribution in [-0.2, 0) is 22.9 Å². The van der Waals surface area contributed by atoms with Crippen molar-refractivity contribution in [2.45, 2.75) is 42.3 Å². The first-order chi connectivity index (χ1) is 16.2. The third-order valence-corrected chi connectivity index (χ3v) is 7.11. The zero-order valence-electron chi connectivity index (χ0n) is 19.2. The van der Waals surface area contributed by atoms with Crippen LogP contribution in [0.5, 0.6) is 11.5 Å². The molecular weight excluding hydrogens is 493 g/mol. The van der Waals surface area contributed by atoms with Gasteiger partial charge in [-0.25, -0.2) is 13.6 Å². The van der Waals surface area contributed by atoms with Gasteiger partial charge < -0.3 is 9.47 Å². The molecule has 2 N–H and O–H groups in total. The zero-order valence-corrected chi connectivity index (χ0v) is 21.5. The molecule has 0 aliphatic heterocycles. The second-order valence-corrected chi connectivity index (χ2v) is 10.4. The van der Waals surface area contributed by atoms with E-state index in [0.717, 1.165) is 28.0 Å². The number of alkyl halides is 2. The Balaban J connectivity index is 1.96. The molecule has 0 bridgehead atoms. The third kappa shape index (κ3) is 6.66. The molecule has 0 amide bonds. The minimum absolute atomic E-state index is 0.0362. The number of hydrogen-bond acceptors (Lipinski definition) is 4. The number of rotatable bonds is 11. The van der Waals surface area contributed by atoms with Gasteiger partial charge >= 0.3 is 0 Å². The van der Waals surface area contributed by atoms with E-state index in [2.05, 4.69) is 0 Å². The fourth-order valence-corrected chi connectivity index (χ4v) is 5.08. The van der Waals surface area contributed by atoms with Crippen LogP contribution in [0.4, 0.5) is 0 Å². The maximum Gasteiger partial charge on any atom is 0.238 e. The molecule has 3 aromatic rings. The van der Waals surface area contributed by atoms with Crippen molar-refractivity contribution in [1.29, 1.82) is 0 Å². The van der Waals surface area contributed by atoms with E-state index in [1.165, 1.54) is 6.07 Å². The van der Waals surface area contributed by atoms with Gasteiger partial charge in [-0.15, -0.1) is 23.2 Å². The van der Waals surface area contributed by atoms with Crippen LogP contribution in [0.25, 0.3) is 0 Å². The highest BCUT2D eigenvalue weighted by molar-refractivity contribution is 7.89. The maximum absolute atomic E-state index is 12.0. The summed E-state index contributed by atoms with van der Waals surface area (Å²) in [5, 5.41) is 4.58. The largest absolute Gasteiger partial charge is 0.494 e. The number of sulfonamides is 1. The summed E-state index contributed by atoms with van der Waals surface area (Å²) in [6, 6.07) is 20.0. The molecule has 2 unspecified atom stereocenters. The van der Waals surface area contributed by atoms with Crippen molar-refractivity contribution < 1.29 is 17.9 Å². The molecule has 0 aliphatic carbocycles. The smallest absolute Gasteiger partial charge is 0.238 e. The fourth-order valence-electron chi connectivity index (χ4n) is 3.83. The van der Waals surface area contributed by atoms with Crippen molar-refractivity contribution in [3.63, 3.8) is 0 Å². The van der Waals surface area contributed by atoms with E-state index in [1.807, 2.05) is 62.4 Å². The van der Waals surface area contributed by atoms with Gasteiger partial charge in [0.1, 0.15) is 11.5 Å². The second kappa shape index (κ2) is 11.9. The molecule has 0 heterocycles. The molecule has 3 aromatic carbocycles. The molecule has 0 radical (unpaired) electrons. The van der Waals surface area contributed by atoms with Gasteiger partial charge in [-0.2, -0.15) is 0 Å². The molecule has 0 aliphatic rings. The van der Waals surface area contributed by atoms with Crippen molar-refractivity contribution >= 4 is 33.2 Å². The Kier molecular flexibility index (Phi) is 9.25. The lowest BCUT2D eigenvalue weighted by molar-refractivity contribution is 0.336. The number of halogens is 2. The van der Waals surface area contributed by atoms with Crippen LogP contribution in [0.1, 0.15) is 46.9 Å². The van der Waals surface area contributed by atoms with Gasteiger partial charge in [0.25, 0.3) is 0 Å². The number of para-hydroxylation sites is 2. The predicted molar refractivity (Wildman–Crippen MR) is 138 cm³/mol. The second-order valence-electron chi connectivity index (χ2n) is 7.76. The van der Waals surface area contributed by atoms with Crippen LogP contribution in [0, 0.1) is 0 Å². The third-order valence-electron chi connectivity index (χ3n) is 5.42. The van der Waals surface area contributed by atoms with Gasteiger partial charge in [-0.05, 0) is 62.1 Å². The lowest BCUT2D eigenvalue weighted by atomic mass is 9.94. The summed E-state index contributed by atoms with van der Waals surface area (Å²) in [7, 11) is -3.87. The molecular formula is C26H29Cl2NO4S.